The van der Waals surface area contributed by atoms with Crippen LogP contribution in [0.2, 0.25) is 0 Å². The number of carbonyl (C=O) groups is 1. The van der Waals surface area contributed by atoms with E-state index in [0.29, 0.717) is 23.3 Å². The number of aromatic amines is 1. The van der Waals surface area contributed by atoms with Gasteiger partial charge in [-0.1, -0.05) is 78.5 Å². The summed E-state index contributed by atoms with van der Waals surface area (Å²) in [7, 11) is 0. The van der Waals surface area contributed by atoms with Gasteiger partial charge in [0.25, 0.3) is 0 Å². The lowest BCUT2D eigenvalue weighted by atomic mass is 10.0. The highest BCUT2D eigenvalue weighted by Gasteiger charge is 2.30. The first-order chi connectivity index (χ1) is 20.1. The number of nitrogens with one attached hydrogen (secondary N) is 2. The van der Waals surface area contributed by atoms with Crippen molar-refractivity contribution in [1.29, 1.82) is 0 Å². The fourth-order valence-corrected chi connectivity index (χ4v) is 5.21. The molecule has 1 amide bonds. The molecule has 3 rings (SSSR count). The lowest BCUT2D eigenvalue weighted by molar-refractivity contribution is -0.929. The topological polar surface area (TPSA) is 57.8 Å². The number of unbranched alkanes of at least 4 members (excludes halogenated alkanes) is 4. The Labute approximate surface area is 255 Å². The van der Waals surface area contributed by atoms with Crippen molar-refractivity contribution in [2.24, 2.45) is 0 Å². The number of fused-ring (bicyclic) bond motifs is 1. The molecule has 0 aliphatic rings. The van der Waals surface area contributed by atoms with Crippen LogP contribution in [0.1, 0.15) is 104 Å². The number of quaternary nitrogens is 1. The van der Waals surface area contributed by atoms with E-state index in [2.05, 4.69) is 43.2 Å². The zero-order valence-electron chi connectivity index (χ0n) is 26.8. The molecule has 0 bridgehead atoms. The van der Waals surface area contributed by atoms with Crippen molar-refractivity contribution in [2.75, 3.05) is 31.5 Å². The maximum atomic E-state index is 12.6. The first-order valence-corrected chi connectivity index (χ1v) is 15.9. The van der Waals surface area contributed by atoms with Gasteiger partial charge in [-0.05, 0) is 67.5 Å². The second-order valence-electron chi connectivity index (χ2n) is 11.4. The maximum absolute atomic E-state index is 12.6. The molecule has 0 saturated carbocycles. The second-order valence-corrected chi connectivity index (χ2v) is 11.4. The van der Waals surface area contributed by atoms with Gasteiger partial charge in [-0.25, -0.2) is 0 Å². The molecule has 0 spiro atoms. The molecule has 242 valence electrons. The summed E-state index contributed by atoms with van der Waals surface area (Å²) in [5.41, 5.74) is 1.45. The third kappa shape index (κ3) is 12.3. The van der Waals surface area contributed by atoms with Gasteiger partial charge in [-0.15, -0.1) is 0 Å². The number of rotatable bonds is 16. The number of carbonyl (C=O) groups excluding carboxylic acids is 1. The van der Waals surface area contributed by atoms with E-state index in [1.54, 1.807) is 18.2 Å². The minimum atomic E-state index is -4.35. The SMILES string of the molecule is CCCC(=O)Nc1n[nH]c2cc(-c3ccc(C(F)(F)F)cc3)ccc12.CCCC[N+](CCCC)(CCCC)CCCC.[F-]. The van der Waals surface area contributed by atoms with Gasteiger partial charge in [0.05, 0.1) is 37.3 Å². The van der Waals surface area contributed by atoms with E-state index in [9.17, 15) is 18.0 Å². The first-order valence-electron chi connectivity index (χ1n) is 15.9. The third-order valence-electron chi connectivity index (χ3n) is 7.79. The van der Waals surface area contributed by atoms with Crippen LogP contribution in [0.5, 0.6) is 0 Å². The van der Waals surface area contributed by atoms with Crippen LogP contribution in [-0.4, -0.2) is 46.8 Å². The number of hydrogen-bond acceptors (Lipinski definition) is 2. The minimum Gasteiger partial charge on any atom is -1.00 e. The summed E-state index contributed by atoms with van der Waals surface area (Å²) in [4.78, 5) is 11.7. The monoisotopic (exact) mass is 608 g/mol. The van der Waals surface area contributed by atoms with Crippen molar-refractivity contribution in [3.8, 4) is 11.1 Å². The summed E-state index contributed by atoms with van der Waals surface area (Å²) in [6.45, 7) is 16.9. The molecule has 2 N–H and O–H groups in total. The van der Waals surface area contributed by atoms with Gasteiger partial charge in [0.15, 0.2) is 5.82 Å². The zero-order chi connectivity index (χ0) is 31.0. The Hall–Kier alpha value is -2.94. The van der Waals surface area contributed by atoms with Gasteiger partial charge < -0.3 is 14.5 Å². The summed E-state index contributed by atoms with van der Waals surface area (Å²) < 4.78 is 39.4. The molecular weight excluding hydrogens is 556 g/mol. The van der Waals surface area contributed by atoms with Crippen molar-refractivity contribution in [3.63, 3.8) is 0 Å². The lowest BCUT2D eigenvalue weighted by Crippen LogP contribution is -3.00. The smallest absolute Gasteiger partial charge is 0.416 e. The van der Waals surface area contributed by atoms with Crippen LogP contribution in [0.4, 0.5) is 19.0 Å². The molecule has 43 heavy (non-hydrogen) atoms. The van der Waals surface area contributed by atoms with Crippen molar-refractivity contribution >= 4 is 22.6 Å². The number of anilines is 1. The zero-order valence-corrected chi connectivity index (χ0v) is 26.8. The molecule has 1 aromatic heterocycles. The molecule has 0 radical (unpaired) electrons. The normalized spacial score (nSPS) is 11.5. The summed E-state index contributed by atoms with van der Waals surface area (Å²) >= 11 is 0. The molecule has 3 aromatic rings. The van der Waals surface area contributed by atoms with E-state index in [1.165, 1.54) is 94.2 Å². The van der Waals surface area contributed by atoms with Gasteiger partial charge in [0.2, 0.25) is 5.91 Å². The summed E-state index contributed by atoms with van der Waals surface area (Å²) in [5, 5.41) is 10.4. The molecule has 1 heterocycles. The van der Waals surface area contributed by atoms with E-state index < -0.39 is 11.7 Å². The van der Waals surface area contributed by atoms with Crippen molar-refractivity contribution in [3.05, 3.63) is 48.0 Å². The number of amides is 1. The Bertz CT molecular complexity index is 1150. The molecule has 0 saturated heterocycles. The molecule has 0 unspecified atom stereocenters. The predicted molar refractivity (Wildman–Crippen MR) is 169 cm³/mol. The Morgan fingerprint density at radius 1 is 0.767 bits per heavy atom. The maximum Gasteiger partial charge on any atom is 0.416 e. The summed E-state index contributed by atoms with van der Waals surface area (Å²) in [6, 6.07) is 10.4. The van der Waals surface area contributed by atoms with Crippen LogP contribution in [-0.2, 0) is 11.0 Å². The van der Waals surface area contributed by atoms with Crippen LogP contribution in [0.25, 0.3) is 22.0 Å². The van der Waals surface area contributed by atoms with Crippen LogP contribution in [0.3, 0.4) is 0 Å². The Morgan fingerprint density at radius 2 is 1.26 bits per heavy atom. The fourth-order valence-electron chi connectivity index (χ4n) is 5.21. The number of nitrogens with zero attached hydrogens (tertiary/aromatic N) is 2. The fraction of sp³-hybridized carbons (Fsp3) is 0.588. The quantitative estimate of drug-likeness (QED) is 0.136. The Balaban J connectivity index is 0.000000455. The first kappa shape index (κ1) is 38.1. The van der Waals surface area contributed by atoms with Gasteiger partial charge in [0, 0.05) is 11.8 Å². The molecular formula is C34H52F4N4O. The van der Waals surface area contributed by atoms with Crippen LogP contribution in [0.15, 0.2) is 42.5 Å². The number of hydrogen-bond donors (Lipinski definition) is 2. The second kappa shape index (κ2) is 19.4. The average Bonchev–Trinajstić information content (AvgIpc) is 3.38. The number of H-pyrrole nitrogens is 1. The van der Waals surface area contributed by atoms with E-state index in [4.69, 9.17) is 0 Å². The van der Waals surface area contributed by atoms with Crippen molar-refractivity contribution in [2.45, 2.75) is 105 Å². The van der Waals surface area contributed by atoms with E-state index >= 15 is 0 Å². The van der Waals surface area contributed by atoms with E-state index in [-0.39, 0.29) is 10.6 Å². The Morgan fingerprint density at radius 3 is 1.70 bits per heavy atom. The van der Waals surface area contributed by atoms with Gasteiger partial charge in [0.1, 0.15) is 0 Å². The number of aromatic nitrogens is 2. The molecule has 2 aromatic carbocycles. The van der Waals surface area contributed by atoms with Gasteiger partial charge in [-0.2, -0.15) is 18.3 Å². The third-order valence-corrected chi connectivity index (χ3v) is 7.79. The average molecular weight is 609 g/mol. The summed E-state index contributed by atoms with van der Waals surface area (Å²) in [5.74, 6) is 0.343. The highest BCUT2D eigenvalue weighted by molar-refractivity contribution is 6.00. The van der Waals surface area contributed by atoms with E-state index in [0.717, 1.165) is 29.5 Å². The minimum absolute atomic E-state index is 0. The Kier molecular flexibility index (Phi) is 17.1. The molecule has 0 atom stereocenters. The molecule has 0 aliphatic carbocycles. The number of benzene rings is 2. The summed E-state index contributed by atoms with van der Waals surface area (Å²) in [6.07, 6.45) is 7.87. The lowest BCUT2D eigenvalue weighted by Gasteiger charge is -2.39. The highest BCUT2D eigenvalue weighted by atomic mass is 19.4. The van der Waals surface area contributed by atoms with Gasteiger partial charge >= 0.3 is 6.18 Å². The predicted octanol–water partition coefficient (Wildman–Crippen LogP) is 6.99. The number of halogens is 4. The van der Waals surface area contributed by atoms with Crippen molar-refractivity contribution in [1.82, 2.24) is 10.2 Å². The highest BCUT2D eigenvalue weighted by Crippen LogP contribution is 2.32. The van der Waals surface area contributed by atoms with Crippen LogP contribution < -0.4 is 10.0 Å². The van der Waals surface area contributed by atoms with Crippen LogP contribution >= 0.6 is 0 Å². The molecule has 5 nitrogen and oxygen atoms in total. The molecule has 0 aliphatic heterocycles. The standard InChI is InChI=1S/C18H16F3N3O.C16H36N.FH/c1-2-3-16(25)22-17-14-9-6-12(10-15(14)23-24-17)11-4-7-13(8-5-11)18(19,20)21;1-5-9-13-17(14-10-6-2,15-11-7-3)16-12-8-4;/h4-10H,2-3H2,1H3,(H2,22,23,24,25);5-16H2,1-4H3;1H/q;+1;/p-1. The largest absolute Gasteiger partial charge is 1.00 e. The van der Waals surface area contributed by atoms with Crippen LogP contribution in [0, 0.1) is 0 Å². The number of alkyl halides is 3. The van der Waals surface area contributed by atoms with Gasteiger partial charge in [-0.3, -0.25) is 9.89 Å². The van der Waals surface area contributed by atoms with E-state index in [1.807, 2.05) is 6.92 Å². The molecule has 0 fully saturated rings. The molecule has 9 heteroatoms. The van der Waals surface area contributed by atoms with Crippen molar-refractivity contribution < 1.29 is 27.2 Å².